The Balaban J connectivity index is 0.00000567. The Morgan fingerprint density at radius 3 is 2.59 bits per heavy atom. The van der Waals surface area contributed by atoms with Gasteiger partial charge in [0.25, 0.3) is 17.6 Å². The number of oxime groups is 1. The third-order valence-electron chi connectivity index (χ3n) is 8.09. The molecule has 0 saturated carbocycles. The van der Waals surface area contributed by atoms with E-state index in [0.29, 0.717) is 16.3 Å². The van der Waals surface area contributed by atoms with Crippen molar-refractivity contribution in [3.8, 4) is 17.2 Å². The van der Waals surface area contributed by atoms with Crippen LogP contribution in [0.15, 0.2) is 62.1 Å². The van der Waals surface area contributed by atoms with Gasteiger partial charge in [0.1, 0.15) is 27.8 Å². The van der Waals surface area contributed by atoms with E-state index in [9.17, 15) is 44.4 Å². The number of phenolic OH excluding ortho intramolecular Hbond substituents is 2. The number of nitrogens with two attached hydrogens (primary N) is 1. The third kappa shape index (κ3) is 8.72. The number of esters is 1. The molecule has 2 aliphatic heterocycles. The molecular weight excluding hydrogens is 834 g/mol. The molecule has 0 radical (unpaired) electrons. The molecule has 4 aromatic heterocycles. The molecule has 0 aliphatic carbocycles. The first kappa shape index (κ1) is 41.9. The second kappa shape index (κ2) is 17.4. The number of thioether (sulfide) groups is 2. The molecule has 26 heteroatoms. The molecule has 2 aliphatic rings. The predicted molar refractivity (Wildman–Crippen MR) is 206 cm³/mol. The average molecular weight is 862 g/mol. The Hall–Kier alpha value is -5.73. The Labute approximate surface area is 358 Å². The van der Waals surface area contributed by atoms with E-state index in [1.807, 2.05) is 0 Å². The van der Waals surface area contributed by atoms with Crippen molar-refractivity contribution in [3.05, 3.63) is 86.1 Å². The van der Waals surface area contributed by atoms with E-state index in [0.717, 1.165) is 34.6 Å². The summed E-state index contributed by atoms with van der Waals surface area (Å²) in [5.74, 6) is -4.56. The number of nitrogens with one attached hydrogen (secondary N) is 2. The van der Waals surface area contributed by atoms with E-state index < -0.39 is 64.6 Å². The van der Waals surface area contributed by atoms with E-state index in [1.165, 1.54) is 39.5 Å². The molecule has 296 valence electrons. The molecule has 1 fully saturated rings. The van der Waals surface area contributed by atoms with Gasteiger partial charge < -0.3 is 46.0 Å². The summed E-state index contributed by atoms with van der Waals surface area (Å²) in [6, 6.07) is 4.06. The molecule has 2 atom stereocenters. The van der Waals surface area contributed by atoms with Crippen molar-refractivity contribution < 1.29 is 49.2 Å². The number of aryl methyl sites for hydroxylation is 1. The van der Waals surface area contributed by atoms with Gasteiger partial charge in [-0.25, -0.2) is 19.6 Å². The van der Waals surface area contributed by atoms with Gasteiger partial charge in [-0.05, 0) is 36.8 Å². The monoisotopic (exact) mass is 861 g/mol. The van der Waals surface area contributed by atoms with Gasteiger partial charge in [0.15, 0.2) is 53.0 Å². The Bertz CT molecular complexity index is 2600. The molecular formula is C32H28N11NaO11S3. The number of ether oxygens (including phenoxy) is 1. The number of aliphatic carboxylic acids is 1. The molecule has 8 N–H and O–H groups in total. The maximum absolute atomic E-state index is 13.5. The molecule has 0 bridgehead atoms. The zero-order chi connectivity index (χ0) is 40.5. The topological polar surface area (TPSA) is 323 Å². The molecule has 22 nitrogen and oxygen atoms in total. The number of carbonyl (C=O) groups is 4. The number of benzene rings is 1. The SMILES string of the molecule is Cc1cc(SCC2=C(C(=O)O)N3C(=O)[C@@H](NC(=O)/C(=N\OCc4nc(=O)c(O)c[nH]4)c4csc(N)n4)[C@H]3SC2)n2nc(COC(=O)c3ccc(O)c(O)c3)nc2n1.[NaH]. The van der Waals surface area contributed by atoms with Crippen LogP contribution in [0.3, 0.4) is 0 Å². The van der Waals surface area contributed by atoms with Gasteiger partial charge in [0.05, 0.1) is 11.8 Å². The summed E-state index contributed by atoms with van der Waals surface area (Å²) in [5, 5.41) is 51.0. The summed E-state index contributed by atoms with van der Waals surface area (Å²) in [4.78, 5) is 88.9. The number of β-lactam (4-membered cyclic amide) rings is 1. The summed E-state index contributed by atoms with van der Waals surface area (Å²) in [7, 11) is 0. The number of aromatic hydroxyl groups is 3. The molecule has 0 spiro atoms. The number of nitrogen functional groups attached to an aromatic ring is 1. The first-order valence-corrected chi connectivity index (χ1v) is 19.1. The van der Waals surface area contributed by atoms with Crippen LogP contribution in [0.1, 0.15) is 33.4 Å². The van der Waals surface area contributed by atoms with E-state index >= 15 is 0 Å². The van der Waals surface area contributed by atoms with E-state index in [2.05, 4.69) is 40.5 Å². The Kier molecular flexibility index (Phi) is 12.6. The first-order valence-electron chi connectivity index (χ1n) is 16.2. The van der Waals surface area contributed by atoms with Crippen LogP contribution in [0.25, 0.3) is 5.78 Å². The predicted octanol–water partition coefficient (Wildman–Crippen LogP) is -0.168. The zero-order valence-electron chi connectivity index (χ0n) is 29.0. The third-order valence-corrected chi connectivity index (χ3v) is 11.2. The van der Waals surface area contributed by atoms with Crippen LogP contribution in [0.2, 0.25) is 0 Å². The number of carboxylic acid groups (broad SMARTS) is 1. The molecule has 58 heavy (non-hydrogen) atoms. The van der Waals surface area contributed by atoms with E-state index in [4.69, 9.17) is 15.3 Å². The van der Waals surface area contributed by atoms with Gasteiger partial charge in [-0.1, -0.05) is 5.16 Å². The zero-order valence-corrected chi connectivity index (χ0v) is 31.4. The number of H-pyrrole nitrogens is 1. The number of phenols is 2. The standard InChI is InChI=1S/C32H27N11O11S3.Na.H/c1-12-4-21(43-32(35-12)38-20(40-43)7-53-30(52)13-2-3-16(44)17(45)5-13)55-9-14-10-56-28-23(27(49)42(28)24(14)29(50)51)39-26(48)22(15-11-57-31(33)36-15)41-54-8-19-34-6-18(46)25(47)37-19;;/h2-6,11,23,28,44-46H,7-10H2,1H3,(H2,33,36)(H,39,48)(H,50,51)(H,34,37,47);;/b41-22-;;/t23-,28-;;/m1../s1. The van der Waals surface area contributed by atoms with Gasteiger partial charge in [0.2, 0.25) is 0 Å². The van der Waals surface area contributed by atoms with Crippen molar-refractivity contribution in [3.63, 3.8) is 0 Å². The Morgan fingerprint density at radius 1 is 1.09 bits per heavy atom. The number of aromatic amines is 1. The summed E-state index contributed by atoms with van der Waals surface area (Å²) in [6.45, 7) is 0.985. The number of anilines is 1. The van der Waals surface area contributed by atoms with Crippen LogP contribution < -0.4 is 16.6 Å². The molecule has 2 amide bonds. The van der Waals surface area contributed by atoms with Crippen molar-refractivity contribution >= 4 is 105 Å². The molecule has 1 saturated heterocycles. The van der Waals surface area contributed by atoms with Crippen LogP contribution in [0.4, 0.5) is 5.13 Å². The number of hydrogen-bond donors (Lipinski definition) is 7. The van der Waals surface area contributed by atoms with Crippen LogP contribution in [-0.4, -0.2) is 142 Å². The van der Waals surface area contributed by atoms with Crippen molar-refractivity contribution in [1.82, 2.24) is 44.8 Å². The Morgan fingerprint density at radius 2 is 1.88 bits per heavy atom. The van der Waals surface area contributed by atoms with Crippen LogP contribution in [0.5, 0.6) is 17.2 Å². The van der Waals surface area contributed by atoms with Crippen molar-refractivity contribution in [2.75, 3.05) is 17.2 Å². The van der Waals surface area contributed by atoms with Crippen LogP contribution in [-0.2, 0) is 37.2 Å². The fourth-order valence-electron chi connectivity index (χ4n) is 5.45. The van der Waals surface area contributed by atoms with E-state index in [-0.39, 0.29) is 92.9 Å². The van der Waals surface area contributed by atoms with Gasteiger partial charge in [0, 0.05) is 22.6 Å². The van der Waals surface area contributed by atoms with Crippen molar-refractivity contribution in [1.29, 1.82) is 0 Å². The summed E-state index contributed by atoms with van der Waals surface area (Å²) in [5.41, 5.74) is 5.30. The normalized spacial score (nSPS) is 16.3. The number of aromatic nitrogens is 7. The van der Waals surface area contributed by atoms with Crippen molar-refractivity contribution in [2.24, 2.45) is 5.16 Å². The maximum atomic E-state index is 13.5. The minimum absolute atomic E-state index is 0. The first-order chi connectivity index (χ1) is 27.3. The molecule has 5 aromatic rings. The van der Waals surface area contributed by atoms with Gasteiger partial charge in [-0.15, -0.1) is 40.0 Å². The second-order valence-electron chi connectivity index (χ2n) is 12.0. The van der Waals surface area contributed by atoms with Gasteiger partial charge in [-0.3, -0.25) is 19.3 Å². The fourth-order valence-corrected chi connectivity index (χ4v) is 8.53. The quantitative estimate of drug-likeness (QED) is 0.0118. The summed E-state index contributed by atoms with van der Waals surface area (Å²) < 4.78 is 6.68. The number of nitrogens with zero attached hydrogens (tertiary/aromatic N) is 8. The molecule has 0 unspecified atom stereocenters. The second-order valence-corrected chi connectivity index (χ2v) is 15.0. The average Bonchev–Trinajstić information content (AvgIpc) is 3.80. The minimum atomic E-state index is -1.34. The fraction of sp³-hybridized carbons (Fsp3) is 0.219. The summed E-state index contributed by atoms with van der Waals surface area (Å²) in [6.07, 6.45) is 1.01. The molecule has 7 rings (SSSR count). The van der Waals surface area contributed by atoms with Crippen LogP contribution in [0, 0.1) is 6.92 Å². The van der Waals surface area contributed by atoms with Gasteiger partial charge in [-0.2, -0.15) is 14.5 Å². The number of thiazole rings is 1. The van der Waals surface area contributed by atoms with E-state index in [1.54, 1.807) is 13.0 Å². The molecule has 1 aromatic carbocycles. The number of carboxylic acids is 1. The summed E-state index contributed by atoms with van der Waals surface area (Å²) >= 11 is 3.48. The molecule has 6 heterocycles. The number of hydrogen-bond acceptors (Lipinski definition) is 20. The number of carbonyl (C=O) groups excluding carboxylic acids is 3. The number of fused-ring (bicyclic) bond motifs is 2. The van der Waals surface area contributed by atoms with Crippen LogP contribution >= 0.6 is 34.9 Å². The number of rotatable bonds is 13. The van der Waals surface area contributed by atoms with Gasteiger partial charge >= 0.3 is 47.1 Å². The number of amides is 2. The van der Waals surface area contributed by atoms with Crippen molar-refractivity contribution in [2.45, 2.75) is 36.6 Å².